The van der Waals surface area contributed by atoms with Crippen LogP contribution in [0, 0.1) is 17.5 Å². The number of benzene rings is 2. The molecule has 5 rings (SSSR count). The van der Waals surface area contributed by atoms with Crippen LogP contribution in [-0.2, 0) is 14.8 Å². The largest absolute Gasteiger partial charge is 0.355 e. The SMILES string of the molecule is O=S(=O)(c1ccc(F)c(Cl)c1)N1CCO[C@]12CCN(c1cnc3cc(F)c(F)cc3n1)C[C@@H]2F. The van der Waals surface area contributed by atoms with E-state index < -0.39 is 39.4 Å². The van der Waals surface area contributed by atoms with Gasteiger partial charge in [-0.15, -0.1) is 0 Å². The van der Waals surface area contributed by atoms with E-state index in [2.05, 4.69) is 9.97 Å². The van der Waals surface area contributed by atoms with E-state index in [9.17, 15) is 21.6 Å². The Labute approximate surface area is 197 Å². The summed E-state index contributed by atoms with van der Waals surface area (Å²) >= 11 is 5.75. The fourth-order valence-corrected chi connectivity index (χ4v) is 6.32. The first kappa shape index (κ1) is 23.2. The molecule has 34 heavy (non-hydrogen) atoms. The summed E-state index contributed by atoms with van der Waals surface area (Å²) in [5.41, 5.74) is -1.51. The Balaban J connectivity index is 1.42. The third-order valence-corrected chi connectivity index (χ3v) is 8.26. The van der Waals surface area contributed by atoms with Gasteiger partial charge in [-0.25, -0.2) is 31.0 Å². The molecule has 2 atom stereocenters. The first-order valence-corrected chi connectivity index (χ1v) is 12.1. The molecule has 0 bridgehead atoms. The molecule has 0 unspecified atom stereocenters. The fraction of sp³-hybridized carbons (Fsp3) is 0.333. The summed E-state index contributed by atoms with van der Waals surface area (Å²) in [6, 6.07) is 4.80. The normalized spacial score (nSPS) is 23.8. The van der Waals surface area contributed by atoms with Crippen LogP contribution in [0.25, 0.3) is 11.0 Å². The Morgan fingerprint density at radius 3 is 2.50 bits per heavy atom. The molecule has 0 amide bonds. The molecule has 0 aliphatic carbocycles. The predicted molar refractivity (Wildman–Crippen MR) is 115 cm³/mol. The van der Waals surface area contributed by atoms with Crippen LogP contribution in [0.2, 0.25) is 5.02 Å². The van der Waals surface area contributed by atoms with Gasteiger partial charge < -0.3 is 9.64 Å². The lowest BCUT2D eigenvalue weighted by molar-refractivity contribution is -0.116. The number of sulfonamides is 1. The summed E-state index contributed by atoms with van der Waals surface area (Å²) in [6.07, 6.45) is -0.508. The van der Waals surface area contributed by atoms with Crippen molar-refractivity contribution < 1.29 is 30.7 Å². The van der Waals surface area contributed by atoms with Crippen molar-refractivity contribution in [1.29, 1.82) is 0 Å². The third kappa shape index (κ3) is 3.69. The number of piperidine rings is 1. The minimum absolute atomic E-state index is 0.0187. The van der Waals surface area contributed by atoms with Gasteiger partial charge >= 0.3 is 0 Å². The molecule has 13 heteroatoms. The second kappa shape index (κ2) is 8.29. The minimum atomic E-state index is -4.25. The van der Waals surface area contributed by atoms with Gasteiger partial charge in [-0.05, 0) is 18.2 Å². The van der Waals surface area contributed by atoms with Gasteiger partial charge in [0.1, 0.15) is 11.6 Å². The van der Waals surface area contributed by atoms with Gasteiger partial charge in [0, 0.05) is 31.6 Å². The second-order valence-electron chi connectivity index (χ2n) is 7.99. The number of fused-ring (bicyclic) bond motifs is 1. The molecule has 2 aliphatic rings. The van der Waals surface area contributed by atoms with E-state index in [1.165, 1.54) is 11.1 Å². The number of nitrogens with zero attached hydrogens (tertiary/aromatic N) is 4. The van der Waals surface area contributed by atoms with E-state index in [0.29, 0.717) is 0 Å². The number of hydrogen-bond donors (Lipinski definition) is 0. The topological polar surface area (TPSA) is 75.6 Å². The molecule has 180 valence electrons. The summed E-state index contributed by atoms with van der Waals surface area (Å²) in [5.74, 6) is -2.68. The highest BCUT2D eigenvalue weighted by Crippen LogP contribution is 2.41. The quantitative estimate of drug-likeness (QED) is 0.495. The number of anilines is 1. The summed E-state index contributed by atoms with van der Waals surface area (Å²) in [7, 11) is -4.25. The maximum absolute atomic E-state index is 15.6. The van der Waals surface area contributed by atoms with Crippen molar-refractivity contribution in [1.82, 2.24) is 14.3 Å². The van der Waals surface area contributed by atoms with Gasteiger partial charge in [0.15, 0.2) is 23.5 Å². The maximum Gasteiger partial charge on any atom is 0.245 e. The monoisotopic (exact) mass is 516 g/mol. The van der Waals surface area contributed by atoms with Gasteiger partial charge in [-0.2, -0.15) is 4.31 Å². The van der Waals surface area contributed by atoms with Crippen LogP contribution >= 0.6 is 11.6 Å². The Hall–Kier alpha value is -2.54. The Morgan fingerprint density at radius 2 is 1.79 bits per heavy atom. The molecule has 1 aromatic heterocycles. The molecule has 0 radical (unpaired) electrons. The molecule has 1 spiro atoms. The van der Waals surface area contributed by atoms with Crippen molar-refractivity contribution >= 4 is 38.5 Å². The summed E-state index contributed by atoms with van der Waals surface area (Å²) in [4.78, 5) is 9.58. The van der Waals surface area contributed by atoms with Crippen LogP contribution in [0.1, 0.15) is 6.42 Å². The summed E-state index contributed by atoms with van der Waals surface area (Å²) < 4.78 is 89.4. The number of halogens is 5. The number of aromatic nitrogens is 2. The predicted octanol–water partition coefficient (Wildman–Crippen LogP) is 3.67. The van der Waals surface area contributed by atoms with E-state index in [-0.39, 0.29) is 59.4 Å². The van der Waals surface area contributed by atoms with Crippen molar-refractivity contribution in [2.24, 2.45) is 0 Å². The molecule has 7 nitrogen and oxygen atoms in total. The molecule has 2 aromatic carbocycles. The highest BCUT2D eigenvalue weighted by Gasteiger charge is 2.57. The zero-order valence-corrected chi connectivity index (χ0v) is 19.0. The fourth-order valence-electron chi connectivity index (χ4n) is 4.34. The number of hydrogen-bond acceptors (Lipinski definition) is 6. The van der Waals surface area contributed by atoms with E-state index in [0.717, 1.165) is 34.6 Å². The average Bonchev–Trinajstić information content (AvgIpc) is 3.23. The van der Waals surface area contributed by atoms with Crippen LogP contribution in [-0.4, -0.2) is 60.8 Å². The van der Waals surface area contributed by atoms with Gasteiger partial charge in [0.25, 0.3) is 0 Å². The smallest absolute Gasteiger partial charge is 0.245 e. The summed E-state index contributed by atoms with van der Waals surface area (Å²) in [6.45, 7) is -0.228. The Bertz CT molecular complexity index is 1400. The van der Waals surface area contributed by atoms with Crippen LogP contribution in [0.3, 0.4) is 0 Å². The van der Waals surface area contributed by atoms with Crippen molar-refractivity contribution in [3.8, 4) is 0 Å². The van der Waals surface area contributed by atoms with Crippen LogP contribution in [0.5, 0.6) is 0 Å². The lowest BCUT2D eigenvalue weighted by Gasteiger charge is -2.45. The Morgan fingerprint density at radius 1 is 1.06 bits per heavy atom. The summed E-state index contributed by atoms with van der Waals surface area (Å²) in [5, 5.41) is -0.368. The van der Waals surface area contributed by atoms with Crippen LogP contribution in [0.15, 0.2) is 41.4 Å². The molecule has 0 N–H and O–H groups in total. The zero-order valence-electron chi connectivity index (χ0n) is 17.4. The molecular weight excluding hydrogens is 500 g/mol. The first-order chi connectivity index (χ1) is 16.1. The van der Waals surface area contributed by atoms with Crippen molar-refractivity contribution in [2.75, 3.05) is 31.1 Å². The highest BCUT2D eigenvalue weighted by molar-refractivity contribution is 7.89. The average molecular weight is 517 g/mol. The van der Waals surface area contributed by atoms with E-state index in [4.69, 9.17) is 16.3 Å². The highest BCUT2D eigenvalue weighted by atomic mass is 35.5. The molecule has 2 saturated heterocycles. The van der Waals surface area contributed by atoms with Crippen molar-refractivity contribution in [2.45, 2.75) is 23.2 Å². The van der Waals surface area contributed by atoms with Crippen LogP contribution in [0.4, 0.5) is 23.4 Å². The molecule has 0 saturated carbocycles. The number of ether oxygens (including phenoxy) is 1. The van der Waals surface area contributed by atoms with E-state index in [1.807, 2.05) is 0 Å². The third-order valence-electron chi connectivity index (χ3n) is 6.05. The van der Waals surface area contributed by atoms with Crippen LogP contribution < -0.4 is 4.90 Å². The van der Waals surface area contributed by atoms with Gasteiger partial charge in [-0.1, -0.05) is 11.6 Å². The molecule has 3 aromatic rings. The van der Waals surface area contributed by atoms with Gasteiger partial charge in [0.05, 0.1) is 40.3 Å². The standard InChI is InChI=1S/C21H17ClF4N4O3S/c22-13-7-12(1-2-14(13)23)34(31,32)30-5-6-33-21(30)3-4-29(11-19(21)26)20-10-27-17-8-15(24)16(25)9-18(17)28-20/h1-2,7-10,19H,3-6,11H2/t19-,21-/m0/s1. The van der Waals surface area contributed by atoms with Crippen molar-refractivity contribution in [3.05, 3.63) is 59.0 Å². The molecular formula is C21H17ClF4N4O3S. The second-order valence-corrected chi connectivity index (χ2v) is 10.3. The lowest BCUT2D eigenvalue weighted by atomic mass is 9.98. The molecule has 2 fully saturated rings. The Kier molecular flexibility index (Phi) is 5.66. The van der Waals surface area contributed by atoms with Gasteiger partial charge in [0.2, 0.25) is 10.0 Å². The molecule has 3 heterocycles. The zero-order chi connectivity index (χ0) is 24.3. The van der Waals surface area contributed by atoms with Gasteiger partial charge in [-0.3, -0.25) is 4.98 Å². The lowest BCUT2D eigenvalue weighted by Crippen LogP contribution is -2.62. The minimum Gasteiger partial charge on any atom is -0.355 e. The van der Waals surface area contributed by atoms with E-state index in [1.54, 1.807) is 0 Å². The molecule has 2 aliphatic heterocycles. The van der Waals surface area contributed by atoms with Crippen molar-refractivity contribution in [3.63, 3.8) is 0 Å². The number of alkyl halides is 1. The maximum atomic E-state index is 15.6. The van der Waals surface area contributed by atoms with E-state index >= 15 is 4.39 Å². The number of rotatable bonds is 3. The first-order valence-electron chi connectivity index (χ1n) is 10.2.